The zero-order chi connectivity index (χ0) is 14.8. The van der Waals surface area contributed by atoms with Crippen LogP contribution in [-0.4, -0.2) is 34.7 Å². The second kappa shape index (κ2) is 9.07. The number of rotatable bonds is 10. The molecule has 0 saturated carbocycles. The van der Waals surface area contributed by atoms with E-state index in [1.165, 1.54) is 0 Å². The van der Waals surface area contributed by atoms with Crippen molar-refractivity contribution in [3.63, 3.8) is 0 Å². The van der Waals surface area contributed by atoms with Crippen molar-refractivity contribution in [2.45, 2.75) is 31.7 Å². The normalized spacial score (nSPS) is 11.7. The Morgan fingerprint density at radius 2 is 2.05 bits per heavy atom. The van der Waals surface area contributed by atoms with Gasteiger partial charge in [0.1, 0.15) is 0 Å². The number of nitrogens with one attached hydrogen (secondary N) is 2. The van der Waals surface area contributed by atoms with Crippen LogP contribution in [0.15, 0.2) is 29.2 Å². The Balaban J connectivity index is 2.57. The van der Waals surface area contributed by atoms with Crippen LogP contribution in [0.4, 0.5) is 0 Å². The van der Waals surface area contributed by atoms with Gasteiger partial charge < -0.3 is 10.1 Å². The molecule has 0 saturated heterocycles. The smallest absolute Gasteiger partial charge is 0.240 e. The first kappa shape index (κ1) is 17.1. The molecule has 0 heterocycles. The summed E-state index contributed by atoms with van der Waals surface area (Å²) in [5.41, 5.74) is 0.962. The van der Waals surface area contributed by atoms with Gasteiger partial charge in [0.05, 0.1) is 4.90 Å². The highest BCUT2D eigenvalue weighted by atomic mass is 32.2. The third-order valence-corrected chi connectivity index (χ3v) is 4.21. The molecule has 1 aromatic rings. The summed E-state index contributed by atoms with van der Waals surface area (Å²) in [5.74, 6) is 0. The second-order valence-electron chi connectivity index (χ2n) is 4.38. The van der Waals surface area contributed by atoms with E-state index in [4.69, 9.17) is 4.74 Å². The van der Waals surface area contributed by atoms with Crippen molar-refractivity contribution in [3.05, 3.63) is 29.8 Å². The Bertz CT molecular complexity index is 489. The number of benzene rings is 1. The van der Waals surface area contributed by atoms with E-state index >= 15 is 0 Å². The van der Waals surface area contributed by atoms with Crippen LogP contribution in [0.5, 0.6) is 0 Å². The van der Waals surface area contributed by atoms with E-state index in [1.807, 2.05) is 19.9 Å². The molecule has 0 aliphatic carbocycles. The Hall–Kier alpha value is -0.950. The van der Waals surface area contributed by atoms with E-state index in [9.17, 15) is 8.42 Å². The minimum absolute atomic E-state index is 0.310. The van der Waals surface area contributed by atoms with Gasteiger partial charge in [0.2, 0.25) is 10.0 Å². The highest BCUT2D eigenvalue weighted by Gasteiger charge is 2.13. The summed E-state index contributed by atoms with van der Waals surface area (Å²) in [6.45, 7) is 7.07. The lowest BCUT2D eigenvalue weighted by Crippen LogP contribution is -2.25. The molecule has 0 atom stereocenters. The molecule has 114 valence electrons. The molecule has 2 N–H and O–H groups in total. The van der Waals surface area contributed by atoms with Crippen LogP contribution in [0.25, 0.3) is 0 Å². The van der Waals surface area contributed by atoms with Crippen LogP contribution in [0.1, 0.15) is 25.8 Å². The highest BCUT2D eigenvalue weighted by molar-refractivity contribution is 7.89. The molecule has 20 heavy (non-hydrogen) atoms. The fourth-order valence-electron chi connectivity index (χ4n) is 1.70. The number of sulfonamides is 1. The molecule has 0 fully saturated rings. The van der Waals surface area contributed by atoms with Gasteiger partial charge in [-0.25, -0.2) is 13.1 Å². The fourth-order valence-corrected chi connectivity index (χ4v) is 2.84. The maximum Gasteiger partial charge on any atom is 0.240 e. The number of hydrogen-bond donors (Lipinski definition) is 2. The van der Waals surface area contributed by atoms with Gasteiger partial charge in [0.15, 0.2) is 0 Å². The van der Waals surface area contributed by atoms with Crippen LogP contribution in [0, 0.1) is 0 Å². The topological polar surface area (TPSA) is 67.4 Å². The predicted octanol–water partition coefficient (Wildman–Crippen LogP) is 1.50. The van der Waals surface area contributed by atoms with E-state index in [0.29, 0.717) is 37.6 Å². The minimum atomic E-state index is -3.43. The molecule has 0 unspecified atom stereocenters. The van der Waals surface area contributed by atoms with Gasteiger partial charge in [-0.15, -0.1) is 0 Å². The molecular weight excluding hydrogens is 276 g/mol. The predicted molar refractivity (Wildman–Crippen MR) is 80.1 cm³/mol. The molecule has 0 aliphatic rings. The van der Waals surface area contributed by atoms with E-state index in [2.05, 4.69) is 10.0 Å². The Morgan fingerprint density at radius 1 is 1.25 bits per heavy atom. The molecule has 0 bridgehead atoms. The first-order valence-electron chi connectivity index (χ1n) is 6.97. The van der Waals surface area contributed by atoms with E-state index < -0.39 is 10.0 Å². The van der Waals surface area contributed by atoms with Crippen molar-refractivity contribution in [3.8, 4) is 0 Å². The molecule has 6 heteroatoms. The maximum absolute atomic E-state index is 12.1. The maximum atomic E-state index is 12.1. The monoisotopic (exact) mass is 300 g/mol. The lowest BCUT2D eigenvalue weighted by molar-refractivity contribution is 0.146. The molecule has 0 spiro atoms. The second-order valence-corrected chi connectivity index (χ2v) is 6.14. The van der Waals surface area contributed by atoms with Crippen molar-refractivity contribution in [1.29, 1.82) is 0 Å². The van der Waals surface area contributed by atoms with Crippen LogP contribution < -0.4 is 10.0 Å². The molecule has 1 rings (SSSR count). The van der Waals surface area contributed by atoms with Crippen LogP contribution >= 0.6 is 0 Å². The lowest BCUT2D eigenvalue weighted by Gasteiger charge is -2.09. The average molecular weight is 300 g/mol. The van der Waals surface area contributed by atoms with E-state index in [0.717, 1.165) is 12.1 Å². The summed E-state index contributed by atoms with van der Waals surface area (Å²) < 4.78 is 32.0. The average Bonchev–Trinajstić information content (AvgIpc) is 2.45. The summed E-state index contributed by atoms with van der Waals surface area (Å²) in [7, 11) is -3.43. The molecule has 5 nitrogen and oxygen atoms in total. The quantitative estimate of drug-likeness (QED) is 0.643. The molecule has 0 aliphatic heterocycles. The third-order valence-electron chi connectivity index (χ3n) is 2.75. The van der Waals surface area contributed by atoms with Crippen LogP contribution in [-0.2, 0) is 21.3 Å². The first-order chi connectivity index (χ1) is 9.60. The molecule has 0 aromatic heterocycles. The largest absolute Gasteiger partial charge is 0.382 e. The third kappa shape index (κ3) is 6.00. The lowest BCUT2D eigenvalue weighted by atomic mass is 10.2. The Labute approximate surface area is 121 Å². The zero-order valence-electron chi connectivity index (χ0n) is 12.2. The van der Waals surface area contributed by atoms with Crippen LogP contribution in [0.3, 0.4) is 0 Å². The standard InChI is InChI=1S/C14H24N2O3S/c1-3-15-12-13-7-5-8-14(11-13)20(17,18)16-9-6-10-19-4-2/h5,7-8,11,15-16H,3-4,6,9-10,12H2,1-2H3. The van der Waals surface area contributed by atoms with Crippen molar-refractivity contribution in [2.75, 3.05) is 26.3 Å². The van der Waals surface area contributed by atoms with E-state index in [-0.39, 0.29) is 0 Å². The minimum Gasteiger partial charge on any atom is -0.382 e. The van der Waals surface area contributed by atoms with Crippen molar-refractivity contribution < 1.29 is 13.2 Å². The highest BCUT2D eigenvalue weighted by Crippen LogP contribution is 2.11. The Kier molecular flexibility index (Phi) is 7.76. The van der Waals surface area contributed by atoms with Gasteiger partial charge >= 0.3 is 0 Å². The van der Waals surface area contributed by atoms with Gasteiger partial charge in [-0.1, -0.05) is 19.1 Å². The van der Waals surface area contributed by atoms with Gasteiger partial charge in [-0.3, -0.25) is 0 Å². The summed E-state index contributed by atoms with van der Waals surface area (Å²) in [4.78, 5) is 0.310. The number of ether oxygens (including phenoxy) is 1. The first-order valence-corrected chi connectivity index (χ1v) is 8.45. The summed E-state index contributed by atoms with van der Waals surface area (Å²) in [6, 6.07) is 6.99. The molecule has 0 amide bonds. The van der Waals surface area contributed by atoms with Crippen molar-refractivity contribution in [1.82, 2.24) is 10.0 Å². The van der Waals surface area contributed by atoms with Crippen molar-refractivity contribution >= 4 is 10.0 Å². The SMILES string of the molecule is CCNCc1cccc(S(=O)(=O)NCCCOCC)c1. The fraction of sp³-hybridized carbons (Fsp3) is 0.571. The van der Waals surface area contributed by atoms with Crippen LogP contribution in [0.2, 0.25) is 0 Å². The molecule has 0 radical (unpaired) electrons. The molecule has 1 aromatic carbocycles. The summed E-state index contributed by atoms with van der Waals surface area (Å²) in [5, 5.41) is 3.18. The van der Waals surface area contributed by atoms with Gasteiger partial charge in [0.25, 0.3) is 0 Å². The van der Waals surface area contributed by atoms with E-state index in [1.54, 1.807) is 18.2 Å². The zero-order valence-corrected chi connectivity index (χ0v) is 13.0. The Morgan fingerprint density at radius 3 is 2.75 bits per heavy atom. The van der Waals surface area contributed by atoms with Gasteiger partial charge in [-0.05, 0) is 37.6 Å². The van der Waals surface area contributed by atoms with Crippen molar-refractivity contribution in [2.24, 2.45) is 0 Å². The number of hydrogen-bond acceptors (Lipinski definition) is 4. The van der Waals surface area contributed by atoms with Gasteiger partial charge in [-0.2, -0.15) is 0 Å². The van der Waals surface area contributed by atoms with Gasteiger partial charge in [0, 0.05) is 26.3 Å². The molecular formula is C14H24N2O3S. The summed E-state index contributed by atoms with van der Waals surface area (Å²) in [6.07, 6.45) is 0.671. The summed E-state index contributed by atoms with van der Waals surface area (Å²) >= 11 is 0.